The first-order valence-electron chi connectivity index (χ1n) is 11.5. The van der Waals surface area contributed by atoms with Gasteiger partial charge in [-0.2, -0.15) is 5.26 Å². The molecule has 1 aliphatic heterocycles. The number of para-hydroxylation sites is 1. The highest BCUT2D eigenvalue weighted by Crippen LogP contribution is 2.35. The number of carbonyl (C=O) groups is 1. The Kier molecular flexibility index (Phi) is 7.66. The lowest BCUT2D eigenvalue weighted by Crippen LogP contribution is -2.40. The van der Waals surface area contributed by atoms with Gasteiger partial charge in [0.25, 0.3) is 5.56 Å². The first-order valence-corrected chi connectivity index (χ1v) is 12.3. The van der Waals surface area contributed by atoms with Crippen LogP contribution in [0.1, 0.15) is 37.9 Å². The average Bonchev–Trinajstić information content (AvgIpc) is 3.17. The third-order valence-corrected chi connectivity index (χ3v) is 6.49. The Morgan fingerprint density at radius 2 is 1.89 bits per heavy atom. The van der Waals surface area contributed by atoms with Crippen LogP contribution in [-0.2, 0) is 9.53 Å². The van der Waals surface area contributed by atoms with Crippen LogP contribution in [0.15, 0.2) is 69.6 Å². The number of hydrogen-bond acceptors (Lipinski definition) is 8. The number of rotatable bonds is 8. The van der Waals surface area contributed by atoms with Crippen LogP contribution in [0.4, 0.5) is 0 Å². The normalized spacial score (nSPS) is 15.1. The lowest BCUT2D eigenvalue weighted by Gasteiger charge is -2.26. The molecular formula is C27H25N3O5S. The van der Waals surface area contributed by atoms with Gasteiger partial charge in [0, 0.05) is 5.56 Å². The van der Waals surface area contributed by atoms with Crippen molar-refractivity contribution in [2.45, 2.75) is 26.8 Å². The molecule has 3 aromatic rings. The van der Waals surface area contributed by atoms with Gasteiger partial charge in [-0.1, -0.05) is 41.7 Å². The Balaban J connectivity index is 1.88. The van der Waals surface area contributed by atoms with Crippen molar-refractivity contribution in [2.24, 2.45) is 4.99 Å². The molecule has 8 nitrogen and oxygen atoms in total. The third kappa shape index (κ3) is 4.95. The third-order valence-electron chi connectivity index (χ3n) is 5.51. The van der Waals surface area contributed by atoms with Gasteiger partial charge in [-0.05, 0) is 50.6 Å². The van der Waals surface area contributed by atoms with Crippen LogP contribution in [-0.4, -0.2) is 30.4 Å². The maximum absolute atomic E-state index is 13.7. The van der Waals surface area contributed by atoms with Crippen molar-refractivity contribution in [1.82, 2.24) is 4.57 Å². The topological polar surface area (TPSA) is 103 Å². The second kappa shape index (κ2) is 11.1. The van der Waals surface area contributed by atoms with Gasteiger partial charge in [0.15, 0.2) is 11.4 Å². The number of allylic oxidation sites excluding steroid dienone is 1. The molecule has 0 N–H and O–H groups in total. The number of ether oxygens (including phenoxy) is 3. The zero-order valence-electron chi connectivity index (χ0n) is 20.2. The van der Waals surface area contributed by atoms with E-state index in [0.717, 1.165) is 5.56 Å². The molecule has 2 heterocycles. The number of aromatic nitrogens is 1. The fraction of sp³-hybridized carbons (Fsp3) is 0.259. The Labute approximate surface area is 212 Å². The summed E-state index contributed by atoms with van der Waals surface area (Å²) in [5, 5.41) is 8.67. The zero-order chi connectivity index (χ0) is 25.7. The predicted octanol–water partition coefficient (Wildman–Crippen LogP) is 3.10. The summed E-state index contributed by atoms with van der Waals surface area (Å²) in [6.45, 7) is 5.97. The maximum Gasteiger partial charge on any atom is 0.338 e. The first-order chi connectivity index (χ1) is 17.5. The molecule has 0 bridgehead atoms. The number of fused-ring (bicyclic) bond motifs is 1. The summed E-state index contributed by atoms with van der Waals surface area (Å²) in [7, 11) is 0. The lowest BCUT2D eigenvalue weighted by atomic mass is 9.95. The summed E-state index contributed by atoms with van der Waals surface area (Å²) in [6, 6.07) is 15.7. The molecule has 36 heavy (non-hydrogen) atoms. The molecule has 2 aromatic carbocycles. The van der Waals surface area contributed by atoms with Gasteiger partial charge >= 0.3 is 5.97 Å². The lowest BCUT2D eigenvalue weighted by molar-refractivity contribution is -0.139. The second-order valence-corrected chi connectivity index (χ2v) is 8.80. The van der Waals surface area contributed by atoms with Crippen molar-refractivity contribution in [1.29, 1.82) is 5.26 Å². The molecule has 1 aliphatic rings. The number of hydrogen-bond donors (Lipinski definition) is 0. The SMILES string of the molecule is CCOC(=O)C1=C(C)N=c2s/c(=C\c3ccc(OCC#N)cc3)c(=O)n2[C@H]1c1ccccc1OCC. The summed E-state index contributed by atoms with van der Waals surface area (Å²) in [5.74, 6) is 0.638. The van der Waals surface area contributed by atoms with Crippen LogP contribution in [0, 0.1) is 11.3 Å². The minimum absolute atomic E-state index is 0.0384. The largest absolute Gasteiger partial charge is 0.494 e. The summed E-state index contributed by atoms with van der Waals surface area (Å²) < 4.78 is 18.5. The molecular weight excluding hydrogens is 478 g/mol. The van der Waals surface area contributed by atoms with Crippen LogP contribution in [0.25, 0.3) is 6.08 Å². The molecule has 0 saturated heterocycles. The molecule has 1 atom stereocenters. The highest BCUT2D eigenvalue weighted by molar-refractivity contribution is 7.07. The number of nitriles is 1. The standard InChI is InChI=1S/C27H25N3O5S/c1-4-33-21-9-7-6-8-20(21)24-23(26(32)34-5-2)17(3)29-27-30(24)25(31)22(36-27)16-18-10-12-19(13-11-18)35-15-14-28/h6-13,16,24H,4-5,15H2,1-3H3/b22-16-/t24-/m0/s1. The molecule has 0 saturated carbocycles. The number of carbonyl (C=O) groups excluding carboxylic acids is 1. The highest BCUT2D eigenvalue weighted by atomic mass is 32.1. The fourth-order valence-corrected chi connectivity index (χ4v) is 5.05. The van der Waals surface area contributed by atoms with Crippen LogP contribution in [0.2, 0.25) is 0 Å². The smallest absolute Gasteiger partial charge is 0.338 e. The van der Waals surface area contributed by atoms with E-state index >= 15 is 0 Å². The van der Waals surface area contributed by atoms with Crippen molar-refractivity contribution < 1.29 is 19.0 Å². The Morgan fingerprint density at radius 3 is 2.58 bits per heavy atom. The van der Waals surface area contributed by atoms with Crippen molar-refractivity contribution in [3.05, 3.63) is 90.6 Å². The van der Waals surface area contributed by atoms with Crippen LogP contribution >= 0.6 is 11.3 Å². The molecule has 1 aromatic heterocycles. The molecule has 0 radical (unpaired) electrons. The minimum Gasteiger partial charge on any atom is -0.494 e. The molecule has 9 heteroatoms. The van der Waals surface area contributed by atoms with Crippen LogP contribution in [0.5, 0.6) is 11.5 Å². The van der Waals surface area contributed by atoms with Gasteiger partial charge in [0.1, 0.15) is 23.6 Å². The second-order valence-electron chi connectivity index (χ2n) is 7.79. The molecule has 184 valence electrons. The monoisotopic (exact) mass is 503 g/mol. The zero-order valence-corrected chi connectivity index (χ0v) is 21.0. The summed E-state index contributed by atoms with van der Waals surface area (Å²) in [4.78, 5) is 31.9. The minimum atomic E-state index is -0.744. The van der Waals surface area contributed by atoms with E-state index in [1.807, 2.05) is 49.4 Å². The van der Waals surface area contributed by atoms with E-state index in [-0.39, 0.29) is 18.8 Å². The predicted molar refractivity (Wildman–Crippen MR) is 136 cm³/mol. The molecule has 0 spiro atoms. The molecule has 0 unspecified atom stereocenters. The van der Waals surface area contributed by atoms with E-state index in [0.29, 0.717) is 44.3 Å². The number of esters is 1. The van der Waals surface area contributed by atoms with E-state index < -0.39 is 12.0 Å². The summed E-state index contributed by atoms with van der Waals surface area (Å²) >= 11 is 1.25. The molecule has 0 aliphatic carbocycles. The van der Waals surface area contributed by atoms with E-state index in [2.05, 4.69) is 4.99 Å². The number of nitrogens with zero attached hydrogens (tertiary/aromatic N) is 3. The quantitative estimate of drug-likeness (QED) is 0.438. The molecule has 0 fully saturated rings. The number of thiazole rings is 1. The van der Waals surface area contributed by atoms with Crippen molar-refractivity contribution in [3.63, 3.8) is 0 Å². The fourth-order valence-electron chi connectivity index (χ4n) is 4.01. The Morgan fingerprint density at radius 1 is 1.14 bits per heavy atom. The summed E-state index contributed by atoms with van der Waals surface area (Å²) in [5.41, 5.74) is 2.01. The first kappa shape index (κ1) is 24.9. The average molecular weight is 504 g/mol. The van der Waals surface area contributed by atoms with E-state index in [1.54, 1.807) is 32.1 Å². The van der Waals surface area contributed by atoms with E-state index in [4.69, 9.17) is 19.5 Å². The van der Waals surface area contributed by atoms with Gasteiger partial charge in [-0.3, -0.25) is 9.36 Å². The van der Waals surface area contributed by atoms with Crippen LogP contribution < -0.4 is 24.4 Å². The van der Waals surface area contributed by atoms with E-state index in [1.165, 1.54) is 15.9 Å². The molecule has 4 rings (SSSR count). The van der Waals surface area contributed by atoms with Gasteiger partial charge in [-0.15, -0.1) is 0 Å². The van der Waals surface area contributed by atoms with Gasteiger partial charge in [0.05, 0.1) is 29.0 Å². The summed E-state index contributed by atoms with van der Waals surface area (Å²) in [6.07, 6.45) is 1.77. The van der Waals surface area contributed by atoms with Gasteiger partial charge in [-0.25, -0.2) is 9.79 Å². The number of benzene rings is 2. The van der Waals surface area contributed by atoms with Crippen LogP contribution in [0.3, 0.4) is 0 Å². The van der Waals surface area contributed by atoms with Crippen molar-refractivity contribution in [3.8, 4) is 17.6 Å². The van der Waals surface area contributed by atoms with Crippen molar-refractivity contribution >= 4 is 23.4 Å². The van der Waals surface area contributed by atoms with Gasteiger partial charge in [0.2, 0.25) is 0 Å². The van der Waals surface area contributed by atoms with Crippen molar-refractivity contribution in [2.75, 3.05) is 19.8 Å². The maximum atomic E-state index is 13.7. The Hall–Kier alpha value is -4.16. The van der Waals surface area contributed by atoms with Gasteiger partial charge < -0.3 is 14.2 Å². The molecule has 0 amide bonds. The highest BCUT2D eigenvalue weighted by Gasteiger charge is 2.35. The Bertz CT molecular complexity index is 1530. The van der Waals surface area contributed by atoms with E-state index in [9.17, 15) is 9.59 Å².